The summed E-state index contributed by atoms with van der Waals surface area (Å²) >= 11 is 0. The molecule has 30 heavy (non-hydrogen) atoms. The number of phenolic OH excluding ortho intramolecular Hbond substituents is 1. The molecule has 2 aromatic carbocycles. The van der Waals surface area contributed by atoms with Crippen LogP contribution in [-0.2, 0) is 30.7 Å². The van der Waals surface area contributed by atoms with Crippen molar-refractivity contribution in [1.29, 1.82) is 0 Å². The standard InChI is InChI=1S/C24H26N4O2/c1-14-15(2)27-23(26-14)22-11-16-5-3-4-6-18(16)13-28(22)24(30)21-10-17-7-8-20(29)9-19(17)12-25-21/h3-9,21-22,25,29H,10-13H2,1-2H3,(H,26,27). The quantitative estimate of drug-likeness (QED) is 0.615. The van der Waals surface area contributed by atoms with Crippen molar-refractivity contribution in [3.05, 3.63) is 81.9 Å². The van der Waals surface area contributed by atoms with Crippen LogP contribution < -0.4 is 5.32 Å². The second-order valence-electron chi connectivity index (χ2n) is 8.38. The van der Waals surface area contributed by atoms with Crippen molar-refractivity contribution in [3.8, 4) is 5.75 Å². The van der Waals surface area contributed by atoms with E-state index in [-0.39, 0.29) is 23.7 Å². The molecule has 0 aliphatic carbocycles. The molecule has 0 saturated heterocycles. The van der Waals surface area contributed by atoms with Gasteiger partial charge in [0.25, 0.3) is 0 Å². The Bertz CT molecular complexity index is 1100. The number of benzene rings is 2. The highest BCUT2D eigenvalue weighted by Crippen LogP contribution is 2.34. The van der Waals surface area contributed by atoms with Gasteiger partial charge in [-0.15, -0.1) is 0 Å². The highest BCUT2D eigenvalue weighted by atomic mass is 16.3. The number of carbonyl (C=O) groups excluding carboxylic acids is 1. The number of H-pyrrole nitrogens is 1. The number of aromatic amines is 1. The molecule has 154 valence electrons. The van der Waals surface area contributed by atoms with Crippen LogP contribution >= 0.6 is 0 Å². The van der Waals surface area contributed by atoms with Crippen LogP contribution in [0.25, 0.3) is 0 Å². The van der Waals surface area contributed by atoms with Gasteiger partial charge in [0, 0.05) is 25.2 Å². The first kappa shape index (κ1) is 18.9. The monoisotopic (exact) mass is 402 g/mol. The first-order valence-electron chi connectivity index (χ1n) is 10.4. The summed E-state index contributed by atoms with van der Waals surface area (Å²) in [6, 6.07) is 13.3. The molecule has 3 N–H and O–H groups in total. The highest BCUT2D eigenvalue weighted by molar-refractivity contribution is 5.83. The fraction of sp³-hybridized carbons (Fsp3) is 0.333. The zero-order valence-electron chi connectivity index (χ0n) is 17.3. The third-order valence-electron chi connectivity index (χ3n) is 6.44. The molecule has 2 aliphatic heterocycles. The largest absolute Gasteiger partial charge is 0.508 e. The lowest BCUT2D eigenvalue weighted by Crippen LogP contribution is -2.51. The number of aromatic nitrogens is 2. The minimum Gasteiger partial charge on any atom is -0.508 e. The predicted molar refractivity (Wildman–Crippen MR) is 114 cm³/mol. The van der Waals surface area contributed by atoms with Crippen LogP contribution in [0.1, 0.15) is 45.5 Å². The van der Waals surface area contributed by atoms with E-state index < -0.39 is 0 Å². The van der Waals surface area contributed by atoms with E-state index in [2.05, 4.69) is 28.5 Å². The second-order valence-corrected chi connectivity index (χ2v) is 8.38. The van der Waals surface area contributed by atoms with Crippen LogP contribution in [-0.4, -0.2) is 31.9 Å². The third-order valence-corrected chi connectivity index (χ3v) is 6.44. The van der Waals surface area contributed by atoms with E-state index in [9.17, 15) is 9.90 Å². The maximum absolute atomic E-state index is 13.7. The number of fused-ring (bicyclic) bond motifs is 2. The number of nitrogens with one attached hydrogen (secondary N) is 2. The Morgan fingerprint density at radius 2 is 1.83 bits per heavy atom. The average molecular weight is 402 g/mol. The Morgan fingerprint density at radius 3 is 2.60 bits per heavy atom. The van der Waals surface area contributed by atoms with Crippen LogP contribution in [0.15, 0.2) is 42.5 Å². The summed E-state index contributed by atoms with van der Waals surface area (Å²) in [5, 5.41) is 13.1. The number of hydrogen-bond acceptors (Lipinski definition) is 4. The summed E-state index contributed by atoms with van der Waals surface area (Å²) in [6.07, 6.45) is 1.38. The fourth-order valence-corrected chi connectivity index (χ4v) is 4.61. The summed E-state index contributed by atoms with van der Waals surface area (Å²) in [5.41, 5.74) is 6.65. The summed E-state index contributed by atoms with van der Waals surface area (Å²) in [4.78, 5) is 23.8. The lowest BCUT2D eigenvalue weighted by Gasteiger charge is -2.39. The van der Waals surface area contributed by atoms with E-state index in [1.165, 1.54) is 11.1 Å². The first-order valence-corrected chi connectivity index (χ1v) is 10.4. The Kier molecular flexibility index (Phi) is 4.59. The van der Waals surface area contributed by atoms with Crippen LogP contribution in [0.3, 0.4) is 0 Å². The summed E-state index contributed by atoms with van der Waals surface area (Å²) in [6.45, 7) is 5.17. The minimum absolute atomic E-state index is 0.0972. The molecule has 0 bridgehead atoms. The summed E-state index contributed by atoms with van der Waals surface area (Å²) < 4.78 is 0. The van der Waals surface area contributed by atoms with Gasteiger partial charge < -0.3 is 20.3 Å². The maximum Gasteiger partial charge on any atom is 0.240 e. The van der Waals surface area contributed by atoms with Gasteiger partial charge in [-0.3, -0.25) is 4.79 Å². The van der Waals surface area contributed by atoms with Crippen molar-refractivity contribution in [2.24, 2.45) is 0 Å². The van der Waals surface area contributed by atoms with Crippen LogP contribution in [0.2, 0.25) is 0 Å². The number of nitrogens with zero attached hydrogens (tertiary/aromatic N) is 2. The van der Waals surface area contributed by atoms with Crippen molar-refractivity contribution in [2.75, 3.05) is 0 Å². The highest BCUT2D eigenvalue weighted by Gasteiger charge is 2.37. The second kappa shape index (κ2) is 7.29. The van der Waals surface area contributed by atoms with Gasteiger partial charge in [-0.05, 0) is 54.7 Å². The number of rotatable bonds is 2. The van der Waals surface area contributed by atoms with E-state index in [0.29, 0.717) is 19.5 Å². The van der Waals surface area contributed by atoms with E-state index in [4.69, 9.17) is 4.98 Å². The van der Waals surface area contributed by atoms with Crippen molar-refractivity contribution in [1.82, 2.24) is 20.2 Å². The van der Waals surface area contributed by atoms with E-state index in [0.717, 1.165) is 34.8 Å². The first-order chi connectivity index (χ1) is 14.5. The molecular weight excluding hydrogens is 376 g/mol. The Hall–Kier alpha value is -3.12. The van der Waals surface area contributed by atoms with Crippen molar-refractivity contribution in [2.45, 2.75) is 51.9 Å². The van der Waals surface area contributed by atoms with Gasteiger partial charge in [0.2, 0.25) is 5.91 Å². The molecule has 2 atom stereocenters. The van der Waals surface area contributed by atoms with Crippen LogP contribution in [0, 0.1) is 13.8 Å². The summed E-state index contributed by atoms with van der Waals surface area (Å²) in [5.74, 6) is 1.21. The van der Waals surface area contributed by atoms with E-state index in [1.54, 1.807) is 12.1 Å². The molecule has 2 aliphatic rings. The van der Waals surface area contributed by atoms with E-state index in [1.807, 2.05) is 30.9 Å². The lowest BCUT2D eigenvalue weighted by molar-refractivity contribution is -0.137. The summed E-state index contributed by atoms with van der Waals surface area (Å²) in [7, 11) is 0. The lowest BCUT2D eigenvalue weighted by atomic mass is 9.90. The van der Waals surface area contributed by atoms with Gasteiger partial charge in [0.15, 0.2) is 0 Å². The zero-order valence-corrected chi connectivity index (χ0v) is 17.3. The molecule has 6 nitrogen and oxygen atoms in total. The third kappa shape index (κ3) is 3.27. The molecular formula is C24H26N4O2. The zero-order chi connectivity index (χ0) is 20.8. The van der Waals surface area contributed by atoms with Crippen molar-refractivity contribution in [3.63, 3.8) is 0 Å². The number of aryl methyl sites for hydroxylation is 2. The number of hydrogen-bond donors (Lipinski definition) is 3. The Balaban J connectivity index is 1.47. The topological polar surface area (TPSA) is 81.2 Å². The molecule has 0 spiro atoms. The molecule has 3 aromatic rings. The molecule has 2 unspecified atom stereocenters. The molecule has 0 fully saturated rings. The number of imidazole rings is 1. The molecule has 1 aromatic heterocycles. The fourth-order valence-electron chi connectivity index (χ4n) is 4.61. The van der Waals surface area contributed by atoms with Gasteiger partial charge in [0.1, 0.15) is 11.6 Å². The van der Waals surface area contributed by atoms with Crippen molar-refractivity contribution >= 4 is 5.91 Å². The number of phenols is 1. The van der Waals surface area contributed by atoms with Crippen molar-refractivity contribution < 1.29 is 9.90 Å². The molecule has 5 rings (SSSR count). The van der Waals surface area contributed by atoms with Gasteiger partial charge >= 0.3 is 0 Å². The minimum atomic E-state index is -0.285. The van der Waals surface area contributed by atoms with Gasteiger partial charge in [0.05, 0.1) is 17.8 Å². The number of aromatic hydroxyl groups is 1. The maximum atomic E-state index is 13.7. The normalized spacial score (nSPS) is 20.5. The predicted octanol–water partition coefficient (Wildman–Crippen LogP) is 3.07. The van der Waals surface area contributed by atoms with Gasteiger partial charge in [-0.1, -0.05) is 30.3 Å². The molecule has 3 heterocycles. The van der Waals surface area contributed by atoms with Gasteiger partial charge in [-0.2, -0.15) is 0 Å². The molecule has 0 radical (unpaired) electrons. The van der Waals surface area contributed by atoms with E-state index >= 15 is 0 Å². The Labute approximate surface area is 176 Å². The van der Waals surface area contributed by atoms with Crippen LogP contribution in [0.5, 0.6) is 5.75 Å². The average Bonchev–Trinajstić information content (AvgIpc) is 3.10. The smallest absolute Gasteiger partial charge is 0.240 e. The van der Waals surface area contributed by atoms with Gasteiger partial charge in [-0.25, -0.2) is 4.98 Å². The SMILES string of the molecule is Cc1nc(C2Cc3ccccc3CN2C(=O)C2Cc3ccc(O)cc3CN2)[nH]c1C. The molecule has 6 heteroatoms. The number of carbonyl (C=O) groups is 1. The molecule has 0 saturated carbocycles. The van der Waals surface area contributed by atoms with Crippen LogP contribution in [0.4, 0.5) is 0 Å². The number of amides is 1. The molecule has 1 amide bonds. The Morgan fingerprint density at radius 1 is 1.07 bits per heavy atom.